The lowest BCUT2D eigenvalue weighted by molar-refractivity contribution is 0.122. The van der Waals surface area contributed by atoms with Crippen LogP contribution in [0.1, 0.15) is 16.8 Å². The van der Waals surface area contributed by atoms with Crippen LogP contribution in [-0.4, -0.2) is 36.3 Å². The first kappa shape index (κ1) is 13.8. The molecule has 0 atom stereocenters. The Kier molecular flexibility index (Phi) is 4.26. The summed E-state index contributed by atoms with van der Waals surface area (Å²) in [6.07, 6.45) is 5.92. The highest BCUT2D eigenvalue weighted by Gasteiger charge is 2.13. The lowest BCUT2D eigenvalue weighted by Crippen LogP contribution is -2.37. The molecule has 0 bridgehead atoms. The minimum Gasteiger partial charge on any atom is -0.378 e. The third kappa shape index (κ3) is 3.67. The molecule has 21 heavy (non-hydrogen) atoms. The Morgan fingerprint density at radius 1 is 1.14 bits per heavy atom. The summed E-state index contributed by atoms with van der Waals surface area (Å²) in [6, 6.07) is 10.3. The predicted molar refractivity (Wildman–Crippen MR) is 85.2 cm³/mol. The highest BCUT2D eigenvalue weighted by molar-refractivity contribution is 5.68. The van der Waals surface area contributed by atoms with Crippen LogP contribution in [0.3, 0.4) is 0 Å². The Balaban J connectivity index is 1.76. The summed E-state index contributed by atoms with van der Waals surface area (Å²) < 4.78 is 5.36. The first-order chi connectivity index (χ1) is 10.3. The number of aryl methyl sites for hydroxylation is 1. The van der Waals surface area contributed by atoms with Gasteiger partial charge in [0, 0.05) is 19.3 Å². The van der Waals surface area contributed by atoms with Gasteiger partial charge in [-0.15, -0.1) is 0 Å². The second-order valence-electron chi connectivity index (χ2n) is 5.13. The van der Waals surface area contributed by atoms with Gasteiger partial charge in [0.2, 0.25) is 5.95 Å². The molecule has 1 aromatic carbocycles. The standard InChI is InChI=1S/C17H19N3O/c1-14-3-2-4-15(13-14)5-6-16-7-8-18-17(19-16)20-9-11-21-12-10-20/h2-8,13H,9-12H2,1H3/b6-5+. The Labute approximate surface area is 125 Å². The van der Waals surface area contributed by atoms with Crippen LogP contribution in [-0.2, 0) is 4.74 Å². The quantitative estimate of drug-likeness (QED) is 0.867. The first-order valence-electron chi connectivity index (χ1n) is 7.22. The largest absolute Gasteiger partial charge is 0.378 e. The fourth-order valence-corrected chi connectivity index (χ4v) is 2.33. The summed E-state index contributed by atoms with van der Waals surface area (Å²) in [5, 5.41) is 0. The number of rotatable bonds is 3. The lowest BCUT2D eigenvalue weighted by atomic mass is 10.1. The number of nitrogens with zero attached hydrogens (tertiary/aromatic N) is 3. The molecule has 0 saturated carbocycles. The van der Waals surface area contributed by atoms with Gasteiger partial charge in [-0.3, -0.25) is 0 Å². The van der Waals surface area contributed by atoms with Gasteiger partial charge in [-0.25, -0.2) is 9.97 Å². The molecule has 1 aliphatic rings. The van der Waals surface area contributed by atoms with Crippen LogP contribution in [0, 0.1) is 6.92 Å². The summed E-state index contributed by atoms with van der Waals surface area (Å²) in [7, 11) is 0. The fraction of sp³-hybridized carbons (Fsp3) is 0.294. The van der Waals surface area contributed by atoms with Crippen molar-refractivity contribution in [2.45, 2.75) is 6.92 Å². The van der Waals surface area contributed by atoms with Crippen molar-refractivity contribution in [2.75, 3.05) is 31.2 Å². The van der Waals surface area contributed by atoms with E-state index in [4.69, 9.17) is 4.74 Å². The molecule has 0 amide bonds. The van der Waals surface area contributed by atoms with Crippen molar-refractivity contribution >= 4 is 18.1 Å². The molecule has 2 heterocycles. The molecule has 1 saturated heterocycles. The maximum Gasteiger partial charge on any atom is 0.225 e. The van der Waals surface area contributed by atoms with Crippen molar-refractivity contribution in [3.63, 3.8) is 0 Å². The number of morpholine rings is 1. The molecule has 0 spiro atoms. The van der Waals surface area contributed by atoms with Gasteiger partial charge < -0.3 is 9.64 Å². The van der Waals surface area contributed by atoms with E-state index in [9.17, 15) is 0 Å². The van der Waals surface area contributed by atoms with Gasteiger partial charge in [-0.1, -0.05) is 35.9 Å². The van der Waals surface area contributed by atoms with Crippen LogP contribution in [0.2, 0.25) is 0 Å². The average Bonchev–Trinajstić information content (AvgIpc) is 2.54. The fourth-order valence-electron chi connectivity index (χ4n) is 2.33. The summed E-state index contributed by atoms with van der Waals surface area (Å²) in [5.41, 5.74) is 3.36. The molecule has 0 radical (unpaired) electrons. The van der Waals surface area contributed by atoms with Gasteiger partial charge >= 0.3 is 0 Å². The van der Waals surface area contributed by atoms with Crippen molar-refractivity contribution in [1.29, 1.82) is 0 Å². The highest BCUT2D eigenvalue weighted by atomic mass is 16.5. The van der Waals surface area contributed by atoms with Crippen molar-refractivity contribution in [1.82, 2.24) is 9.97 Å². The van der Waals surface area contributed by atoms with Gasteiger partial charge in [0.25, 0.3) is 0 Å². The van der Waals surface area contributed by atoms with Crippen LogP contribution in [0.5, 0.6) is 0 Å². The molecular weight excluding hydrogens is 262 g/mol. The van der Waals surface area contributed by atoms with Crippen molar-refractivity contribution in [2.24, 2.45) is 0 Å². The van der Waals surface area contributed by atoms with E-state index in [-0.39, 0.29) is 0 Å². The predicted octanol–water partition coefficient (Wildman–Crippen LogP) is 2.79. The zero-order chi connectivity index (χ0) is 14.5. The minimum absolute atomic E-state index is 0.743. The average molecular weight is 281 g/mol. The molecule has 0 aliphatic carbocycles. The van der Waals surface area contributed by atoms with E-state index in [1.54, 1.807) is 0 Å². The van der Waals surface area contributed by atoms with Gasteiger partial charge in [0.05, 0.1) is 18.9 Å². The smallest absolute Gasteiger partial charge is 0.225 e. The molecule has 1 aliphatic heterocycles. The molecule has 4 nitrogen and oxygen atoms in total. The van der Waals surface area contributed by atoms with Gasteiger partial charge in [0.1, 0.15) is 0 Å². The van der Waals surface area contributed by atoms with Crippen LogP contribution < -0.4 is 4.90 Å². The van der Waals surface area contributed by atoms with E-state index in [0.29, 0.717) is 0 Å². The number of benzene rings is 1. The number of aromatic nitrogens is 2. The molecular formula is C17H19N3O. The zero-order valence-corrected chi connectivity index (χ0v) is 12.2. The molecule has 3 rings (SSSR count). The van der Waals surface area contributed by atoms with E-state index in [1.165, 1.54) is 11.1 Å². The summed E-state index contributed by atoms with van der Waals surface area (Å²) in [5.74, 6) is 0.782. The second kappa shape index (κ2) is 6.50. The minimum atomic E-state index is 0.743. The SMILES string of the molecule is Cc1cccc(/C=C/c2ccnc(N3CCOCC3)n2)c1. The topological polar surface area (TPSA) is 38.2 Å². The third-order valence-corrected chi connectivity index (χ3v) is 3.45. The van der Waals surface area contributed by atoms with Gasteiger partial charge in [-0.2, -0.15) is 0 Å². The molecule has 1 fully saturated rings. The lowest BCUT2D eigenvalue weighted by Gasteiger charge is -2.26. The Morgan fingerprint density at radius 2 is 2.00 bits per heavy atom. The Bertz CT molecular complexity index is 633. The van der Waals surface area contributed by atoms with Crippen molar-refractivity contribution in [3.8, 4) is 0 Å². The summed E-state index contributed by atoms with van der Waals surface area (Å²) in [6.45, 7) is 5.29. The Morgan fingerprint density at radius 3 is 2.81 bits per heavy atom. The van der Waals surface area contributed by atoms with Gasteiger partial charge in [0.15, 0.2) is 0 Å². The van der Waals surface area contributed by atoms with Crippen LogP contribution >= 0.6 is 0 Å². The molecule has 108 valence electrons. The Hall–Kier alpha value is -2.20. The van der Waals surface area contributed by atoms with E-state index >= 15 is 0 Å². The summed E-state index contributed by atoms with van der Waals surface area (Å²) in [4.78, 5) is 11.1. The van der Waals surface area contributed by atoms with E-state index in [0.717, 1.165) is 37.9 Å². The zero-order valence-electron chi connectivity index (χ0n) is 12.2. The maximum absolute atomic E-state index is 5.36. The second-order valence-corrected chi connectivity index (χ2v) is 5.13. The molecule has 0 unspecified atom stereocenters. The number of ether oxygens (including phenoxy) is 1. The number of hydrogen-bond acceptors (Lipinski definition) is 4. The van der Waals surface area contributed by atoms with E-state index < -0.39 is 0 Å². The van der Waals surface area contributed by atoms with Crippen LogP contribution in [0.25, 0.3) is 12.2 Å². The number of anilines is 1. The normalized spacial score (nSPS) is 15.6. The van der Waals surface area contributed by atoms with Gasteiger partial charge in [-0.05, 0) is 24.6 Å². The van der Waals surface area contributed by atoms with Crippen LogP contribution in [0.4, 0.5) is 5.95 Å². The monoisotopic (exact) mass is 281 g/mol. The number of hydrogen-bond donors (Lipinski definition) is 0. The van der Waals surface area contributed by atoms with Crippen molar-refractivity contribution < 1.29 is 4.74 Å². The van der Waals surface area contributed by atoms with Crippen LogP contribution in [0.15, 0.2) is 36.5 Å². The third-order valence-electron chi connectivity index (χ3n) is 3.45. The maximum atomic E-state index is 5.36. The summed E-state index contributed by atoms with van der Waals surface area (Å²) >= 11 is 0. The van der Waals surface area contributed by atoms with Crippen molar-refractivity contribution in [3.05, 3.63) is 53.3 Å². The first-order valence-corrected chi connectivity index (χ1v) is 7.22. The van der Waals surface area contributed by atoms with E-state index in [2.05, 4.69) is 52.1 Å². The highest BCUT2D eigenvalue weighted by Crippen LogP contribution is 2.12. The molecule has 4 heteroatoms. The van der Waals surface area contributed by atoms with E-state index in [1.807, 2.05) is 18.3 Å². The molecule has 1 aromatic heterocycles. The molecule has 0 N–H and O–H groups in total. The molecule has 2 aromatic rings.